The number of hydrogen-bond donors (Lipinski definition) is 3. The predicted octanol–water partition coefficient (Wildman–Crippen LogP) is 5.86. The van der Waals surface area contributed by atoms with E-state index in [9.17, 15) is 9.18 Å². The Bertz CT molecular complexity index is 1420. The van der Waals surface area contributed by atoms with Crippen LogP contribution >= 0.6 is 22.6 Å². The van der Waals surface area contributed by atoms with Crippen molar-refractivity contribution in [3.05, 3.63) is 92.8 Å². The number of amides is 1. The Hall–Kier alpha value is -3.73. The number of carbonyl (C=O) groups excluding carboxylic acids is 1. The third-order valence-electron chi connectivity index (χ3n) is 5.11. The summed E-state index contributed by atoms with van der Waals surface area (Å²) in [6.45, 7) is 1.84. The van der Waals surface area contributed by atoms with Crippen LogP contribution < -0.4 is 11.2 Å². The lowest BCUT2D eigenvalue weighted by Gasteiger charge is -2.15. The molecule has 0 fully saturated rings. The Balaban J connectivity index is 1.80. The molecule has 1 aromatic heterocycles. The first-order valence-electron chi connectivity index (χ1n) is 9.85. The standard InChI is InChI=1S/C24H18FIN6O/c1-13-21(24(33)30-20-9-7-15(11-18(20)25)23(27)31-32-28)17-12-16(26)8-10-19(17)29-22(13)14-5-3-2-4-6-14/h2-12H,1H3,(H,30,33)(H3,27,28,31). The van der Waals surface area contributed by atoms with Gasteiger partial charge in [0.05, 0.1) is 22.5 Å². The monoisotopic (exact) mass is 552 g/mol. The van der Waals surface area contributed by atoms with Crippen molar-refractivity contribution in [3.63, 3.8) is 0 Å². The van der Waals surface area contributed by atoms with Crippen LogP contribution in [0.1, 0.15) is 21.5 Å². The van der Waals surface area contributed by atoms with E-state index in [0.717, 1.165) is 15.2 Å². The first kappa shape index (κ1) is 22.5. The molecule has 0 saturated carbocycles. The first-order chi connectivity index (χ1) is 15.9. The van der Waals surface area contributed by atoms with Gasteiger partial charge in [-0.25, -0.2) is 9.37 Å². The second kappa shape index (κ2) is 9.41. The van der Waals surface area contributed by atoms with Crippen molar-refractivity contribution < 1.29 is 9.18 Å². The molecule has 0 saturated heterocycles. The first-order valence-corrected chi connectivity index (χ1v) is 10.9. The van der Waals surface area contributed by atoms with Gasteiger partial charge in [-0.15, -0.1) is 5.11 Å². The molecule has 4 aromatic rings. The van der Waals surface area contributed by atoms with Gasteiger partial charge in [0.25, 0.3) is 5.91 Å². The molecule has 4 N–H and O–H groups in total. The van der Waals surface area contributed by atoms with Gasteiger partial charge in [-0.2, -0.15) is 0 Å². The topological polar surface area (TPSA) is 117 Å². The Morgan fingerprint density at radius 2 is 1.88 bits per heavy atom. The van der Waals surface area contributed by atoms with E-state index in [1.807, 2.05) is 55.5 Å². The predicted molar refractivity (Wildman–Crippen MR) is 135 cm³/mol. The van der Waals surface area contributed by atoms with Crippen LogP contribution in [0.3, 0.4) is 0 Å². The van der Waals surface area contributed by atoms with Gasteiger partial charge in [-0.3, -0.25) is 10.2 Å². The molecule has 33 heavy (non-hydrogen) atoms. The number of pyridine rings is 1. The molecule has 7 nitrogen and oxygen atoms in total. The lowest BCUT2D eigenvalue weighted by Crippen LogP contribution is -2.16. The molecule has 0 unspecified atom stereocenters. The van der Waals surface area contributed by atoms with Gasteiger partial charge in [0.2, 0.25) is 0 Å². The molecule has 1 amide bonds. The minimum absolute atomic E-state index is 0.0162. The molecule has 0 spiro atoms. The normalized spacial score (nSPS) is 11.1. The summed E-state index contributed by atoms with van der Waals surface area (Å²) < 4.78 is 15.7. The second-order valence-corrected chi connectivity index (χ2v) is 8.45. The molecule has 0 bridgehead atoms. The SMILES string of the molecule is Cc1c(-c2ccccc2)nc2ccc(I)cc2c1C(=O)Nc1ccc(C(=N)N=NN)cc1F. The number of fused-ring (bicyclic) bond motifs is 1. The zero-order chi connectivity index (χ0) is 23.5. The highest BCUT2D eigenvalue weighted by atomic mass is 127. The Morgan fingerprint density at radius 3 is 2.58 bits per heavy atom. The number of nitrogens with zero attached hydrogens (tertiary/aromatic N) is 3. The summed E-state index contributed by atoms with van der Waals surface area (Å²) >= 11 is 2.18. The smallest absolute Gasteiger partial charge is 0.256 e. The number of benzene rings is 3. The maximum Gasteiger partial charge on any atom is 0.256 e. The number of hydrogen-bond acceptors (Lipinski definition) is 4. The van der Waals surface area contributed by atoms with Crippen LogP contribution in [0.25, 0.3) is 22.2 Å². The van der Waals surface area contributed by atoms with Gasteiger partial charge in [-0.05, 0) is 71.5 Å². The van der Waals surface area contributed by atoms with E-state index in [4.69, 9.17) is 16.2 Å². The van der Waals surface area contributed by atoms with Crippen LogP contribution in [0.2, 0.25) is 0 Å². The highest BCUT2D eigenvalue weighted by molar-refractivity contribution is 14.1. The molecular formula is C24H18FIN6O. The Labute approximate surface area is 202 Å². The zero-order valence-electron chi connectivity index (χ0n) is 17.4. The molecule has 4 rings (SSSR count). The number of anilines is 1. The summed E-state index contributed by atoms with van der Waals surface area (Å²) in [7, 11) is 0. The van der Waals surface area contributed by atoms with E-state index < -0.39 is 11.7 Å². The summed E-state index contributed by atoms with van der Waals surface area (Å²) in [6, 6.07) is 19.2. The van der Waals surface area contributed by atoms with E-state index in [1.54, 1.807) is 0 Å². The number of amidine groups is 1. The number of aromatic nitrogens is 1. The molecule has 3 aromatic carbocycles. The minimum atomic E-state index is -0.702. The summed E-state index contributed by atoms with van der Waals surface area (Å²) in [6.07, 6.45) is 0. The summed E-state index contributed by atoms with van der Waals surface area (Å²) in [5.41, 5.74) is 3.52. The highest BCUT2D eigenvalue weighted by Gasteiger charge is 2.20. The molecule has 0 atom stereocenters. The largest absolute Gasteiger partial charge is 0.319 e. The summed E-state index contributed by atoms with van der Waals surface area (Å²) in [4.78, 5) is 18.2. The van der Waals surface area contributed by atoms with E-state index in [1.165, 1.54) is 12.1 Å². The Kier molecular flexibility index (Phi) is 6.40. The molecule has 164 valence electrons. The minimum Gasteiger partial charge on any atom is -0.319 e. The summed E-state index contributed by atoms with van der Waals surface area (Å²) in [5, 5.41) is 17.5. The number of nitrogens with two attached hydrogens (primary N) is 1. The molecular weight excluding hydrogens is 534 g/mol. The molecule has 0 aliphatic rings. The van der Waals surface area contributed by atoms with Crippen molar-refractivity contribution >= 4 is 50.9 Å². The van der Waals surface area contributed by atoms with Crippen molar-refractivity contribution in [2.45, 2.75) is 6.92 Å². The van der Waals surface area contributed by atoms with Gasteiger partial charge in [0, 0.05) is 20.1 Å². The van der Waals surface area contributed by atoms with Crippen LogP contribution in [-0.4, -0.2) is 16.7 Å². The van der Waals surface area contributed by atoms with E-state index in [2.05, 4.69) is 38.2 Å². The van der Waals surface area contributed by atoms with Crippen molar-refractivity contribution in [2.24, 2.45) is 16.2 Å². The third-order valence-corrected chi connectivity index (χ3v) is 5.78. The van der Waals surface area contributed by atoms with Crippen molar-refractivity contribution in [3.8, 4) is 11.3 Å². The average molecular weight is 552 g/mol. The van der Waals surface area contributed by atoms with E-state index in [0.29, 0.717) is 27.7 Å². The number of halogens is 2. The van der Waals surface area contributed by atoms with Crippen molar-refractivity contribution in [1.82, 2.24) is 4.98 Å². The van der Waals surface area contributed by atoms with Gasteiger partial charge in [0.15, 0.2) is 5.84 Å². The number of rotatable bonds is 4. The van der Waals surface area contributed by atoms with Crippen LogP contribution in [0.5, 0.6) is 0 Å². The van der Waals surface area contributed by atoms with Crippen LogP contribution in [0.4, 0.5) is 10.1 Å². The van der Waals surface area contributed by atoms with Gasteiger partial charge >= 0.3 is 0 Å². The average Bonchev–Trinajstić information content (AvgIpc) is 2.80. The fraction of sp³-hybridized carbons (Fsp3) is 0.0417. The Morgan fingerprint density at radius 1 is 1.12 bits per heavy atom. The van der Waals surface area contributed by atoms with E-state index >= 15 is 0 Å². The van der Waals surface area contributed by atoms with Gasteiger partial charge in [0.1, 0.15) is 5.82 Å². The van der Waals surface area contributed by atoms with Crippen LogP contribution in [0, 0.1) is 21.7 Å². The lowest BCUT2D eigenvalue weighted by molar-refractivity contribution is 0.102. The summed E-state index contributed by atoms with van der Waals surface area (Å²) in [5.74, 6) is 3.51. The maximum absolute atomic E-state index is 14.7. The quantitative estimate of drug-likeness (QED) is 0.0736. The van der Waals surface area contributed by atoms with Crippen molar-refractivity contribution in [1.29, 1.82) is 5.41 Å². The maximum atomic E-state index is 14.7. The number of nitrogens with one attached hydrogen (secondary N) is 2. The van der Waals surface area contributed by atoms with Gasteiger partial charge in [-0.1, -0.05) is 35.6 Å². The molecule has 1 heterocycles. The van der Waals surface area contributed by atoms with Crippen LogP contribution in [-0.2, 0) is 0 Å². The molecule has 0 radical (unpaired) electrons. The fourth-order valence-electron chi connectivity index (χ4n) is 3.56. The molecule has 0 aliphatic carbocycles. The van der Waals surface area contributed by atoms with Crippen molar-refractivity contribution in [2.75, 3.05) is 5.32 Å². The van der Waals surface area contributed by atoms with E-state index in [-0.39, 0.29) is 17.1 Å². The van der Waals surface area contributed by atoms with Gasteiger partial charge < -0.3 is 11.2 Å². The number of carbonyl (C=O) groups is 1. The van der Waals surface area contributed by atoms with Crippen LogP contribution in [0.15, 0.2) is 77.1 Å². The highest BCUT2D eigenvalue weighted by Crippen LogP contribution is 2.31. The third kappa shape index (κ3) is 4.58. The lowest BCUT2D eigenvalue weighted by atomic mass is 9.97. The molecule has 9 heteroatoms. The zero-order valence-corrected chi connectivity index (χ0v) is 19.6. The second-order valence-electron chi connectivity index (χ2n) is 7.20. The fourth-order valence-corrected chi connectivity index (χ4v) is 4.06. The molecule has 0 aliphatic heterocycles.